The first-order valence-corrected chi connectivity index (χ1v) is 6.97. The molecule has 1 aromatic rings. The van der Waals surface area contributed by atoms with E-state index < -0.39 is 9.73 Å². The minimum atomic E-state index is -1.99. The Labute approximate surface area is 95.8 Å². The van der Waals surface area contributed by atoms with Crippen LogP contribution in [0, 0.1) is 0 Å². The third-order valence-corrected chi connectivity index (χ3v) is 4.96. The van der Waals surface area contributed by atoms with E-state index in [1.807, 2.05) is 0 Å². The van der Waals surface area contributed by atoms with Crippen LogP contribution in [0.5, 0.6) is 11.5 Å². The molecule has 2 rings (SSSR count). The lowest BCUT2D eigenvalue weighted by Gasteiger charge is -2.18. The molecule has 0 radical (unpaired) electrons. The van der Waals surface area contributed by atoms with Crippen molar-refractivity contribution in [3.05, 3.63) is 18.2 Å². The lowest BCUT2D eigenvalue weighted by atomic mass is 10.3. The van der Waals surface area contributed by atoms with Crippen molar-refractivity contribution < 1.29 is 13.7 Å². The second-order valence-electron chi connectivity index (χ2n) is 3.66. The molecule has 16 heavy (non-hydrogen) atoms. The molecule has 1 aromatic carbocycles. The quantitative estimate of drug-likeness (QED) is 0.815. The Morgan fingerprint density at radius 1 is 1.25 bits per heavy atom. The summed E-state index contributed by atoms with van der Waals surface area (Å²) in [5.74, 6) is 2.71. The maximum absolute atomic E-state index is 12.0. The average molecular weight is 241 g/mol. The van der Waals surface area contributed by atoms with E-state index in [4.69, 9.17) is 9.47 Å². The van der Waals surface area contributed by atoms with Crippen LogP contribution in [-0.4, -0.2) is 29.9 Å². The van der Waals surface area contributed by atoms with Gasteiger partial charge in [-0.25, -0.2) is 4.21 Å². The SMILES string of the molecule is COc1ccc(N=S2(=O)CCC2)c(OC)c1. The second-order valence-corrected chi connectivity index (χ2v) is 6.21. The van der Waals surface area contributed by atoms with Gasteiger partial charge in [0.1, 0.15) is 17.2 Å². The predicted octanol–water partition coefficient (Wildman–Crippen LogP) is 2.21. The van der Waals surface area contributed by atoms with Crippen LogP contribution >= 0.6 is 0 Å². The first-order valence-electron chi connectivity index (χ1n) is 5.11. The fourth-order valence-electron chi connectivity index (χ4n) is 1.52. The average Bonchev–Trinajstić information content (AvgIpc) is 2.27. The molecule has 88 valence electrons. The molecule has 1 aliphatic heterocycles. The van der Waals surface area contributed by atoms with Crippen LogP contribution in [0.15, 0.2) is 22.6 Å². The van der Waals surface area contributed by atoms with Gasteiger partial charge in [0, 0.05) is 17.6 Å². The van der Waals surface area contributed by atoms with Gasteiger partial charge in [-0.2, -0.15) is 4.36 Å². The van der Waals surface area contributed by atoms with Crippen molar-refractivity contribution in [1.29, 1.82) is 0 Å². The van der Waals surface area contributed by atoms with Crippen molar-refractivity contribution in [3.8, 4) is 11.5 Å². The lowest BCUT2D eigenvalue weighted by Crippen LogP contribution is -2.23. The Hall–Kier alpha value is -1.23. The van der Waals surface area contributed by atoms with E-state index in [1.54, 1.807) is 32.4 Å². The molecule has 0 aromatic heterocycles. The number of benzene rings is 1. The van der Waals surface area contributed by atoms with Gasteiger partial charge in [0.05, 0.1) is 23.9 Å². The highest BCUT2D eigenvalue weighted by molar-refractivity contribution is 7.95. The molecule has 5 heteroatoms. The molecule has 0 N–H and O–H groups in total. The maximum Gasteiger partial charge on any atom is 0.148 e. The van der Waals surface area contributed by atoms with E-state index in [0.29, 0.717) is 28.7 Å². The zero-order valence-electron chi connectivity index (χ0n) is 9.43. The molecule has 1 heterocycles. The summed E-state index contributed by atoms with van der Waals surface area (Å²) in [6, 6.07) is 5.33. The summed E-state index contributed by atoms with van der Waals surface area (Å²) >= 11 is 0. The summed E-state index contributed by atoms with van der Waals surface area (Å²) in [6.45, 7) is 0. The van der Waals surface area contributed by atoms with Crippen molar-refractivity contribution in [1.82, 2.24) is 0 Å². The summed E-state index contributed by atoms with van der Waals surface area (Å²) in [5.41, 5.74) is 0.646. The first kappa shape index (κ1) is 11.3. The third kappa shape index (κ3) is 2.14. The second kappa shape index (κ2) is 4.33. The number of ether oxygens (including phenoxy) is 2. The van der Waals surface area contributed by atoms with Gasteiger partial charge < -0.3 is 9.47 Å². The normalized spacial score (nSPS) is 17.4. The fraction of sp³-hybridized carbons (Fsp3) is 0.455. The van der Waals surface area contributed by atoms with Gasteiger partial charge in [-0.3, -0.25) is 0 Å². The number of methoxy groups -OCH3 is 2. The predicted molar refractivity (Wildman–Crippen MR) is 64.1 cm³/mol. The van der Waals surface area contributed by atoms with Crippen molar-refractivity contribution in [2.75, 3.05) is 25.7 Å². The molecule has 1 aliphatic rings. The Bertz CT molecular complexity index is 494. The molecular formula is C11H15NO3S. The zero-order valence-corrected chi connectivity index (χ0v) is 10.3. The number of nitrogens with zero attached hydrogens (tertiary/aromatic N) is 1. The van der Waals surface area contributed by atoms with E-state index in [2.05, 4.69) is 4.36 Å². The Morgan fingerprint density at radius 3 is 2.50 bits per heavy atom. The van der Waals surface area contributed by atoms with Crippen LogP contribution in [0.3, 0.4) is 0 Å². The van der Waals surface area contributed by atoms with Crippen LogP contribution < -0.4 is 9.47 Å². The van der Waals surface area contributed by atoms with E-state index in [9.17, 15) is 4.21 Å². The van der Waals surface area contributed by atoms with Crippen LogP contribution in [0.4, 0.5) is 5.69 Å². The van der Waals surface area contributed by atoms with Gasteiger partial charge in [-0.15, -0.1) is 0 Å². The molecule has 0 amide bonds. The molecule has 4 nitrogen and oxygen atoms in total. The Balaban J connectivity index is 2.41. The summed E-state index contributed by atoms with van der Waals surface area (Å²) in [7, 11) is 1.18. The standard InChI is InChI=1S/C11H15NO3S/c1-14-9-4-5-10(11(8-9)15-2)12-16(13)6-3-7-16/h4-5,8H,3,6-7H2,1-2H3. The molecular weight excluding hydrogens is 226 g/mol. The molecule has 0 spiro atoms. The monoisotopic (exact) mass is 241 g/mol. The minimum absolute atomic E-state index is 0.606. The largest absolute Gasteiger partial charge is 0.497 e. The Kier molecular flexibility index (Phi) is 3.05. The molecule has 1 fully saturated rings. The van der Waals surface area contributed by atoms with Gasteiger partial charge in [-0.1, -0.05) is 0 Å². The number of hydrogen-bond donors (Lipinski definition) is 0. The summed E-state index contributed by atoms with van der Waals surface area (Å²) in [5, 5.41) is 0. The van der Waals surface area contributed by atoms with Crippen LogP contribution in [0.25, 0.3) is 0 Å². The third-order valence-electron chi connectivity index (χ3n) is 2.58. The fourth-order valence-corrected chi connectivity index (χ4v) is 3.00. The molecule has 0 aliphatic carbocycles. The van der Waals surface area contributed by atoms with Gasteiger partial charge >= 0.3 is 0 Å². The highest BCUT2D eigenvalue weighted by atomic mass is 32.2. The topological polar surface area (TPSA) is 47.9 Å². The highest BCUT2D eigenvalue weighted by Crippen LogP contribution is 2.33. The van der Waals surface area contributed by atoms with E-state index in [-0.39, 0.29) is 0 Å². The molecule has 1 saturated heterocycles. The lowest BCUT2D eigenvalue weighted by molar-refractivity contribution is 0.395. The van der Waals surface area contributed by atoms with E-state index in [1.165, 1.54) is 0 Å². The smallest absolute Gasteiger partial charge is 0.148 e. The molecule has 0 saturated carbocycles. The summed E-state index contributed by atoms with van der Waals surface area (Å²) in [6.07, 6.45) is 1.00. The highest BCUT2D eigenvalue weighted by Gasteiger charge is 2.20. The molecule has 0 atom stereocenters. The zero-order chi connectivity index (χ0) is 11.6. The van der Waals surface area contributed by atoms with Gasteiger partial charge in [0.2, 0.25) is 0 Å². The van der Waals surface area contributed by atoms with Crippen molar-refractivity contribution in [2.45, 2.75) is 6.42 Å². The number of hydrogen-bond acceptors (Lipinski definition) is 4. The molecule has 0 unspecified atom stereocenters. The van der Waals surface area contributed by atoms with Crippen molar-refractivity contribution >= 4 is 15.4 Å². The van der Waals surface area contributed by atoms with E-state index >= 15 is 0 Å². The van der Waals surface area contributed by atoms with Crippen LogP contribution in [-0.2, 0) is 9.73 Å². The summed E-state index contributed by atoms with van der Waals surface area (Å²) in [4.78, 5) is 0. The molecule has 0 bridgehead atoms. The van der Waals surface area contributed by atoms with Gasteiger partial charge in [0.25, 0.3) is 0 Å². The van der Waals surface area contributed by atoms with Crippen molar-refractivity contribution in [2.24, 2.45) is 4.36 Å². The summed E-state index contributed by atoms with van der Waals surface area (Å²) < 4.78 is 26.6. The maximum atomic E-state index is 12.0. The van der Waals surface area contributed by atoms with E-state index in [0.717, 1.165) is 6.42 Å². The van der Waals surface area contributed by atoms with Crippen LogP contribution in [0.1, 0.15) is 6.42 Å². The number of rotatable bonds is 3. The van der Waals surface area contributed by atoms with Crippen molar-refractivity contribution in [3.63, 3.8) is 0 Å². The van der Waals surface area contributed by atoms with Gasteiger partial charge in [0.15, 0.2) is 0 Å². The van der Waals surface area contributed by atoms with Gasteiger partial charge in [-0.05, 0) is 18.6 Å². The first-order chi connectivity index (χ1) is 7.67. The Morgan fingerprint density at radius 2 is 2.00 bits per heavy atom. The van der Waals surface area contributed by atoms with Crippen LogP contribution in [0.2, 0.25) is 0 Å². The minimum Gasteiger partial charge on any atom is -0.497 e.